The van der Waals surface area contributed by atoms with Gasteiger partial charge in [-0.3, -0.25) is 4.79 Å². The van der Waals surface area contributed by atoms with Gasteiger partial charge in [0.05, 0.1) is 11.8 Å². The molecule has 0 radical (unpaired) electrons. The van der Waals surface area contributed by atoms with Crippen molar-refractivity contribution in [1.29, 1.82) is 0 Å². The van der Waals surface area contributed by atoms with Crippen molar-refractivity contribution in [2.24, 2.45) is 5.10 Å². The van der Waals surface area contributed by atoms with Crippen LogP contribution in [-0.2, 0) is 0 Å². The van der Waals surface area contributed by atoms with Crippen molar-refractivity contribution >= 4 is 23.7 Å². The molecule has 0 aliphatic heterocycles. The van der Waals surface area contributed by atoms with Gasteiger partial charge in [0.25, 0.3) is 5.91 Å². The third-order valence-corrected chi connectivity index (χ3v) is 2.82. The van der Waals surface area contributed by atoms with E-state index < -0.39 is 5.91 Å². The van der Waals surface area contributed by atoms with Crippen LogP contribution >= 0.6 is 11.6 Å². The van der Waals surface area contributed by atoms with Crippen LogP contribution in [0.3, 0.4) is 0 Å². The topological polar surface area (TPSA) is 102 Å². The number of hydrogen-bond acceptors (Lipinski definition) is 5. The molecule has 0 aliphatic rings. The fraction of sp³-hybridized carbons (Fsp3) is 0. The zero-order valence-corrected chi connectivity index (χ0v) is 11.4. The summed E-state index contributed by atoms with van der Waals surface area (Å²) in [6.45, 7) is 0. The van der Waals surface area contributed by atoms with Gasteiger partial charge in [0.2, 0.25) is 0 Å². The molecule has 0 heterocycles. The largest absolute Gasteiger partial charge is 0.508 e. The number of benzene rings is 2. The maximum Gasteiger partial charge on any atom is 0.275 e. The van der Waals surface area contributed by atoms with Gasteiger partial charge in [-0.15, -0.1) is 0 Å². The fourth-order valence-electron chi connectivity index (χ4n) is 1.56. The maximum absolute atomic E-state index is 11.8. The average molecular weight is 307 g/mol. The van der Waals surface area contributed by atoms with Gasteiger partial charge in [-0.05, 0) is 30.3 Å². The monoisotopic (exact) mass is 306 g/mol. The Morgan fingerprint density at radius 3 is 2.57 bits per heavy atom. The van der Waals surface area contributed by atoms with E-state index in [1.54, 1.807) is 0 Å². The Bertz CT molecular complexity index is 716. The summed E-state index contributed by atoms with van der Waals surface area (Å²) in [5, 5.41) is 32.3. The first-order valence-corrected chi connectivity index (χ1v) is 6.19. The van der Waals surface area contributed by atoms with Gasteiger partial charge < -0.3 is 15.3 Å². The molecule has 0 bridgehead atoms. The molecule has 7 heteroatoms. The van der Waals surface area contributed by atoms with Crippen LogP contribution in [0.5, 0.6) is 17.2 Å². The first-order valence-electron chi connectivity index (χ1n) is 5.81. The molecule has 0 aliphatic carbocycles. The van der Waals surface area contributed by atoms with E-state index in [0.29, 0.717) is 10.6 Å². The van der Waals surface area contributed by atoms with Crippen LogP contribution < -0.4 is 5.43 Å². The number of carbonyl (C=O) groups is 1. The van der Waals surface area contributed by atoms with E-state index in [1.165, 1.54) is 36.5 Å². The first-order chi connectivity index (χ1) is 9.97. The summed E-state index contributed by atoms with van der Waals surface area (Å²) in [5.74, 6) is -1.22. The molecule has 2 aromatic rings. The second-order valence-electron chi connectivity index (χ2n) is 4.10. The quantitative estimate of drug-likeness (QED) is 0.516. The number of carbonyl (C=O) groups excluding carboxylic acids is 1. The van der Waals surface area contributed by atoms with Crippen LogP contribution in [-0.4, -0.2) is 27.4 Å². The highest BCUT2D eigenvalue weighted by molar-refractivity contribution is 6.30. The fourth-order valence-corrected chi connectivity index (χ4v) is 1.74. The van der Waals surface area contributed by atoms with Crippen molar-refractivity contribution in [2.75, 3.05) is 0 Å². The number of rotatable bonds is 3. The van der Waals surface area contributed by atoms with Crippen LogP contribution in [0.1, 0.15) is 15.9 Å². The lowest BCUT2D eigenvalue weighted by atomic mass is 10.2. The summed E-state index contributed by atoms with van der Waals surface area (Å²) in [4.78, 5) is 11.8. The van der Waals surface area contributed by atoms with E-state index in [1.807, 2.05) is 0 Å². The van der Waals surface area contributed by atoms with Gasteiger partial charge in [-0.2, -0.15) is 5.10 Å². The van der Waals surface area contributed by atoms with E-state index in [-0.39, 0.29) is 22.8 Å². The lowest BCUT2D eigenvalue weighted by Gasteiger charge is -2.03. The minimum absolute atomic E-state index is 0.0371. The number of aromatic hydroxyl groups is 3. The third-order valence-electron chi connectivity index (χ3n) is 2.59. The molecular formula is C14H11ClN2O4. The first kappa shape index (κ1) is 14.7. The highest BCUT2D eigenvalue weighted by Gasteiger charge is 2.10. The minimum Gasteiger partial charge on any atom is -0.508 e. The number of hydrazone groups is 1. The predicted octanol–water partition coefficient (Wildman–Crippen LogP) is 2.22. The number of amides is 1. The molecule has 2 aromatic carbocycles. The zero-order chi connectivity index (χ0) is 15.4. The molecule has 0 fully saturated rings. The molecule has 4 N–H and O–H groups in total. The standard InChI is InChI=1S/C14H11ClN2O4/c15-9-1-4-12(19)8(5-9)7-16-17-14(21)11-3-2-10(18)6-13(11)20/h1-7,18-20H,(H,17,21). The highest BCUT2D eigenvalue weighted by atomic mass is 35.5. The highest BCUT2D eigenvalue weighted by Crippen LogP contribution is 2.22. The lowest BCUT2D eigenvalue weighted by molar-refractivity contribution is 0.0952. The Hall–Kier alpha value is -2.73. The number of phenols is 3. The summed E-state index contributed by atoms with van der Waals surface area (Å²) in [5.41, 5.74) is 2.48. The van der Waals surface area contributed by atoms with Crippen LogP contribution in [0.2, 0.25) is 5.02 Å². The van der Waals surface area contributed by atoms with Crippen LogP contribution in [0.4, 0.5) is 0 Å². The Labute approximate surface area is 124 Å². The second-order valence-corrected chi connectivity index (χ2v) is 4.54. The van der Waals surface area contributed by atoms with Crippen LogP contribution in [0, 0.1) is 0 Å². The predicted molar refractivity (Wildman–Crippen MR) is 77.9 cm³/mol. The Morgan fingerprint density at radius 1 is 1.10 bits per heavy atom. The summed E-state index contributed by atoms with van der Waals surface area (Å²) >= 11 is 5.77. The van der Waals surface area contributed by atoms with E-state index in [4.69, 9.17) is 16.7 Å². The van der Waals surface area contributed by atoms with E-state index >= 15 is 0 Å². The molecule has 0 spiro atoms. The van der Waals surface area contributed by atoms with Crippen molar-refractivity contribution < 1.29 is 20.1 Å². The van der Waals surface area contributed by atoms with Gasteiger partial charge in [0.15, 0.2) is 0 Å². The zero-order valence-electron chi connectivity index (χ0n) is 10.6. The molecule has 0 saturated heterocycles. The summed E-state index contributed by atoms with van der Waals surface area (Å²) in [6.07, 6.45) is 1.22. The number of phenolic OH excluding ortho intramolecular Hbond substituents is 3. The van der Waals surface area contributed by atoms with Crippen molar-refractivity contribution in [3.8, 4) is 17.2 Å². The van der Waals surface area contributed by atoms with Gasteiger partial charge in [0.1, 0.15) is 17.2 Å². The number of halogens is 1. The molecule has 2 rings (SSSR count). The number of nitrogens with zero attached hydrogens (tertiary/aromatic N) is 1. The van der Waals surface area contributed by atoms with Gasteiger partial charge in [0, 0.05) is 16.7 Å². The number of hydrogen-bond donors (Lipinski definition) is 4. The molecule has 0 saturated carbocycles. The third kappa shape index (κ3) is 3.64. The van der Waals surface area contributed by atoms with Crippen molar-refractivity contribution in [3.63, 3.8) is 0 Å². The molecule has 21 heavy (non-hydrogen) atoms. The van der Waals surface area contributed by atoms with Gasteiger partial charge in [-0.25, -0.2) is 5.43 Å². The molecule has 0 unspecified atom stereocenters. The Morgan fingerprint density at radius 2 is 1.86 bits per heavy atom. The Balaban J connectivity index is 2.10. The van der Waals surface area contributed by atoms with Crippen molar-refractivity contribution in [1.82, 2.24) is 5.43 Å². The van der Waals surface area contributed by atoms with Gasteiger partial charge in [-0.1, -0.05) is 11.6 Å². The Kier molecular flexibility index (Phi) is 4.30. The molecule has 6 nitrogen and oxygen atoms in total. The van der Waals surface area contributed by atoms with Crippen LogP contribution in [0.25, 0.3) is 0 Å². The molecule has 0 atom stereocenters. The minimum atomic E-state index is -0.662. The molecular weight excluding hydrogens is 296 g/mol. The molecule has 0 aromatic heterocycles. The van der Waals surface area contributed by atoms with Gasteiger partial charge >= 0.3 is 0 Å². The van der Waals surface area contributed by atoms with Crippen molar-refractivity contribution in [2.45, 2.75) is 0 Å². The SMILES string of the molecule is O=C(NN=Cc1cc(Cl)ccc1O)c1ccc(O)cc1O. The van der Waals surface area contributed by atoms with E-state index in [9.17, 15) is 15.0 Å². The summed E-state index contributed by atoms with van der Waals surface area (Å²) in [6, 6.07) is 7.96. The second kappa shape index (κ2) is 6.15. The molecule has 1 amide bonds. The summed E-state index contributed by atoms with van der Waals surface area (Å²) in [7, 11) is 0. The molecule has 108 valence electrons. The van der Waals surface area contributed by atoms with E-state index in [2.05, 4.69) is 10.5 Å². The lowest BCUT2D eigenvalue weighted by Crippen LogP contribution is -2.17. The smallest absolute Gasteiger partial charge is 0.275 e. The van der Waals surface area contributed by atoms with Crippen LogP contribution in [0.15, 0.2) is 41.5 Å². The van der Waals surface area contributed by atoms with Crippen molar-refractivity contribution in [3.05, 3.63) is 52.5 Å². The van der Waals surface area contributed by atoms with E-state index in [0.717, 1.165) is 6.07 Å². The normalized spacial score (nSPS) is 10.7. The average Bonchev–Trinajstić information content (AvgIpc) is 2.42. The summed E-state index contributed by atoms with van der Waals surface area (Å²) < 4.78 is 0. The maximum atomic E-state index is 11.8. The number of nitrogens with one attached hydrogen (secondary N) is 1.